The first-order valence-electron chi connectivity index (χ1n) is 14.9. The molecule has 0 aromatic heterocycles. The quantitative estimate of drug-likeness (QED) is 0.361. The molecule has 43 heavy (non-hydrogen) atoms. The number of fused-ring (bicyclic) bond motifs is 2. The second-order valence-corrected chi connectivity index (χ2v) is 11.7. The Bertz CT molecular complexity index is 1570. The van der Waals surface area contributed by atoms with Gasteiger partial charge in [0.1, 0.15) is 11.6 Å². The summed E-state index contributed by atoms with van der Waals surface area (Å²) in [5, 5.41) is 12.3. The predicted molar refractivity (Wildman–Crippen MR) is 166 cm³/mol. The lowest BCUT2D eigenvalue weighted by Gasteiger charge is -2.38. The lowest BCUT2D eigenvalue weighted by atomic mass is 9.70. The first kappa shape index (κ1) is 28.8. The summed E-state index contributed by atoms with van der Waals surface area (Å²) in [5.41, 5.74) is 0.195. The van der Waals surface area contributed by atoms with Crippen molar-refractivity contribution in [2.24, 2.45) is 11.8 Å². The van der Waals surface area contributed by atoms with Gasteiger partial charge in [0.05, 0.1) is 30.6 Å². The molecule has 3 aromatic rings. The molecule has 3 heterocycles. The monoisotopic (exact) mass is 579 g/mol. The largest absolute Gasteiger partial charge is 0.394 e. The van der Waals surface area contributed by atoms with Crippen LogP contribution in [0.2, 0.25) is 0 Å². The Balaban J connectivity index is 1.42. The van der Waals surface area contributed by atoms with E-state index in [0.717, 1.165) is 10.8 Å². The number of carbonyl (C=O) groups excluding carboxylic acids is 3. The highest BCUT2D eigenvalue weighted by atomic mass is 16.5. The van der Waals surface area contributed by atoms with E-state index in [-0.39, 0.29) is 37.4 Å². The topological polar surface area (TPSA) is 90.4 Å². The maximum atomic E-state index is 14.7. The number of para-hydroxylation sites is 1. The first-order chi connectivity index (χ1) is 20.9. The number of carbonyl (C=O) groups is 3. The molecule has 0 aliphatic carbocycles. The SMILES string of the molecule is C=CCN(C(=O)C1N([C@H](C)CO)C(=O)[C@@H]2[C@@H](C(=O)N(CC=C)c3ccccc3)[C@H]3CCC12O3)c1ccc2ccccc2c1. The maximum absolute atomic E-state index is 14.7. The molecule has 3 aliphatic rings. The number of anilines is 2. The number of nitrogens with zero attached hydrogens (tertiary/aromatic N) is 3. The van der Waals surface area contributed by atoms with Crippen LogP contribution in [-0.2, 0) is 19.1 Å². The van der Waals surface area contributed by atoms with E-state index >= 15 is 0 Å². The molecule has 3 fully saturated rings. The highest BCUT2D eigenvalue weighted by Gasteiger charge is 2.75. The molecule has 2 bridgehead atoms. The van der Waals surface area contributed by atoms with E-state index in [2.05, 4.69) is 13.2 Å². The third kappa shape index (κ3) is 4.56. The minimum absolute atomic E-state index is 0.219. The summed E-state index contributed by atoms with van der Waals surface area (Å²) in [6, 6.07) is 21.4. The molecule has 8 heteroatoms. The van der Waals surface area contributed by atoms with Crippen molar-refractivity contribution in [3.05, 3.63) is 98.1 Å². The molecule has 3 saturated heterocycles. The highest BCUT2D eigenvalue weighted by Crippen LogP contribution is 2.59. The van der Waals surface area contributed by atoms with E-state index in [4.69, 9.17) is 4.74 Å². The zero-order valence-corrected chi connectivity index (χ0v) is 24.3. The molecule has 2 unspecified atom stereocenters. The molecule has 3 aliphatic heterocycles. The summed E-state index contributed by atoms with van der Waals surface area (Å²) in [7, 11) is 0. The second-order valence-electron chi connectivity index (χ2n) is 11.7. The number of aliphatic hydroxyl groups is 1. The average molecular weight is 580 g/mol. The van der Waals surface area contributed by atoms with Gasteiger partial charge in [-0.3, -0.25) is 14.4 Å². The molecule has 0 radical (unpaired) electrons. The zero-order valence-electron chi connectivity index (χ0n) is 24.3. The smallest absolute Gasteiger partial charge is 0.253 e. The Hall–Kier alpha value is -4.27. The maximum Gasteiger partial charge on any atom is 0.253 e. The van der Waals surface area contributed by atoms with Gasteiger partial charge in [0.2, 0.25) is 11.8 Å². The number of hydrogen-bond donors (Lipinski definition) is 1. The van der Waals surface area contributed by atoms with Crippen LogP contribution >= 0.6 is 0 Å². The van der Waals surface area contributed by atoms with Gasteiger partial charge in [-0.2, -0.15) is 0 Å². The molecule has 3 aromatic carbocycles. The fourth-order valence-corrected chi connectivity index (χ4v) is 7.40. The molecule has 6 rings (SSSR count). The number of benzene rings is 3. The molecule has 8 nitrogen and oxygen atoms in total. The van der Waals surface area contributed by atoms with Crippen LogP contribution in [0, 0.1) is 11.8 Å². The van der Waals surface area contributed by atoms with Crippen molar-refractivity contribution in [1.82, 2.24) is 4.90 Å². The summed E-state index contributed by atoms with van der Waals surface area (Å²) >= 11 is 0. The standard InChI is InChI=1S/C35H37N3O5/c1-4-19-36(26-13-7-6-8-14-26)32(40)29-28-17-18-35(43-28)30(29)33(41)38(23(3)22-39)31(35)34(42)37(20-5-2)27-16-15-24-11-9-10-12-25(24)21-27/h4-16,21,23,28-31,39H,1-2,17-20,22H2,3H3/t23-,28-,29+,30+,31?,35?/m1/s1. The Morgan fingerprint density at radius 1 is 0.977 bits per heavy atom. The van der Waals surface area contributed by atoms with E-state index in [1.54, 1.807) is 28.9 Å². The third-order valence-electron chi connectivity index (χ3n) is 9.26. The summed E-state index contributed by atoms with van der Waals surface area (Å²) in [5.74, 6) is -2.48. The average Bonchev–Trinajstić information content (AvgIpc) is 3.69. The third-order valence-corrected chi connectivity index (χ3v) is 9.26. The Morgan fingerprint density at radius 3 is 2.30 bits per heavy atom. The van der Waals surface area contributed by atoms with Crippen molar-refractivity contribution in [3.8, 4) is 0 Å². The molecule has 222 valence electrons. The molecular weight excluding hydrogens is 542 g/mol. The van der Waals surface area contributed by atoms with Gasteiger partial charge in [0.15, 0.2) is 0 Å². The van der Waals surface area contributed by atoms with Gasteiger partial charge in [0.25, 0.3) is 5.91 Å². The minimum atomic E-state index is -1.19. The number of rotatable bonds is 10. The van der Waals surface area contributed by atoms with Crippen molar-refractivity contribution >= 4 is 39.9 Å². The second kappa shape index (κ2) is 11.4. The Kier molecular flexibility index (Phi) is 7.66. The van der Waals surface area contributed by atoms with Crippen LogP contribution in [0.3, 0.4) is 0 Å². The lowest BCUT2D eigenvalue weighted by molar-refractivity contribution is -0.143. The fourth-order valence-electron chi connectivity index (χ4n) is 7.40. The van der Waals surface area contributed by atoms with Crippen LogP contribution in [0.1, 0.15) is 19.8 Å². The van der Waals surface area contributed by atoms with Crippen LogP contribution in [-0.4, -0.2) is 71.2 Å². The summed E-state index contributed by atoms with van der Waals surface area (Å²) in [6.45, 7) is 9.62. The van der Waals surface area contributed by atoms with Gasteiger partial charge >= 0.3 is 0 Å². The molecule has 0 saturated carbocycles. The van der Waals surface area contributed by atoms with Crippen LogP contribution in [0.5, 0.6) is 0 Å². The lowest BCUT2D eigenvalue weighted by Crippen LogP contribution is -2.58. The number of likely N-dealkylation sites (tertiary alicyclic amines) is 1. The van der Waals surface area contributed by atoms with Crippen LogP contribution < -0.4 is 9.80 Å². The summed E-state index contributed by atoms with van der Waals surface area (Å²) < 4.78 is 6.65. The van der Waals surface area contributed by atoms with Gasteiger partial charge in [-0.25, -0.2) is 0 Å². The molecule has 3 amide bonds. The Morgan fingerprint density at radius 2 is 1.63 bits per heavy atom. The van der Waals surface area contributed by atoms with Gasteiger partial charge in [-0.05, 0) is 54.8 Å². The van der Waals surface area contributed by atoms with E-state index < -0.39 is 35.6 Å². The number of aliphatic hydroxyl groups excluding tert-OH is 1. The van der Waals surface area contributed by atoms with Crippen molar-refractivity contribution in [1.29, 1.82) is 0 Å². The van der Waals surface area contributed by atoms with Crippen molar-refractivity contribution in [2.45, 2.75) is 43.6 Å². The first-order valence-corrected chi connectivity index (χ1v) is 14.9. The van der Waals surface area contributed by atoms with E-state index in [0.29, 0.717) is 24.2 Å². The predicted octanol–water partition coefficient (Wildman–Crippen LogP) is 4.33. The van der Waals surface area contributed by atoms with Crippen LogP contribution in [0.15, 0.2) is 98.1 Å². The van der Waals surface area contributed by atoms with E-state index in [1.807, 2.05) is 72.8 Å². The van der Waals surface area contributed by atoms with Crippen molar-refractivity contribution in [2.75, 3.05) is 29.5 Å². The number of ether oxygens (including phenoxy) is 1. The summed E-state index contributed by atoms with van der Waals surface area (Å²) in [6.07, 6.45) is 3.85. The van der Waals surface area contributed by atoms with Gasteiger partial charge in [-0.1, -0.05) is 60.7 Å². The normalized spacial score (nSPS) is 26.3. The fraction of sp³-hybridized carbons (Fsp3) is 0.343. The van der Waals surface area contributed by atoms with E-state index in [9.17, 15) is 19.5 Å². The molecule has 1 N–H and O–H groups in total. The summed E-state index contributed by atoms with van der Waals surface area (Å²) in [4.78, 5) is 48.1. The minimum Gasteiger partial charge on any atom is -0.394 e. The van der Waals surface area contributed by atoms with Crippen LogP contribution in [0.4, 0.5) is 11.4 Å². The number of amides is 3. The van der Waals surface area contributed by atoms with E-state index in [1.165, 1.54) is 4.90 Å². The van der Waals surface area contributed by atoms with Gasteiger partial charge < -0.3 is 24.5 Å². The molecule has 6 atom stereocenters. The zero-order chi connectivity index (χ0) is 30.3. The molecular formula is C35H37N3O5. The molecule has 1 spiro atoms. The van der Waals surface area contributed by atoms with Crippen LogP contribution in [0.25, 0.3) is 10.8 Å². The number of hydrogen-bond acceptors (Lipinski definition) is 5. The Labute approximate surface area is 251 Å². The van der Waals surface area contributed by atoms with Gasteiger partial charge in [-0.15, -0.1) is 13.2 Å². The van der Waals surface area contributed by atoms with Crippen molar-refractivity contribution in [3.63, 3.8) is 0 Å². The van der Waals surface area contributed by atoms with Gasteiger partial charge in [0, 0.05) is 24.5 Å². The van der Waals surface area contributed by atoms with Crippen molar-refractivity contribution < 1.29 is 24.2 Å². The highest BCUT2D eigenvalue weighted by molar-refractivity contribution is 6.07.